The second-order valence-corrected chi connectivity index (χ2v) is 8.18. The molecule has 0 spiro atoms. The predicted molar refractivity (Wildman–Crippen MR) is 112 cm³/mol. The summed E-state index contributed by atoms with van der Waals surface area (Å²) in [5.41, 5.74) is 0.737. The molecule has 8 nitrogen and oxygen atoms in total. The van der Waals surface area contributed by atoms with Crippen molar-refractivity contribution < 1.29 is 24.7 Å². The molecule has 0 saturated heterocycles. The van der Waals surface area contributed by atoms with Gasteiger partial charge in [-0.15, -0.1) is 11.3 Å². The van der Waals surface area contributed by atoms with Crippen LogP contribution in [0.2, 0.25) is 0 Å². The molecule has 2 heterocycles. The maximum atomic E-state index is 12.6. The van der Waals surface area contributed by atoms with Crippen LogP contribution in [0.3, 0.4) is 0 Å². The van der Waals surface area contributed by atoms with Crippen molar-refractivity contribution in [1.29, 1.82) is 0 Å². The van der Waals surface area contributed by atoms with Crippen LogP contribution in [-0.4, -0.2) is 57.2 Å². The average molecular weight is 419 g/mol. The number of thiophene rings is 1. The Bertz CT molecular complexity index is 814. The van der Waals surface area contributed by atoms with Crippen LogP contribution in [0.1, 0.15) is 37.7 Å². The van der Waals surface area contributed by atoms with Gasteiger partial charge in [0.1, 0.15) is 11.7 Å². The summed E-state index contributed by atoms with van der Waals surface area (Å²) in [4.78, 5) is 30.4. The topological polar surface area (TPSA) is 132 Å². The Balaban J connectivity index is 2.12. The Morgan fingerprint density at radius 1 is 1.14 bits per heavy atom. The van der Waals surface area contributed by atoms with E-state index in [0.717, 1.165) is 4.88 Å². The van der Waals surface area contributed by atoms with Crippen molar-refractivity contribution in [2.75, 3.05) is 0 Å². The van der Waals surface area contributed by atoms with Crippen molar-refractivity contribution in [1.82, 2.24) is 15.6 Å². The molecule has 1 unspecified atom stereocenters. The second kappa shape index (κ2) is 10.5. The number of hydrogen-bond acceptors (Lipinski definition) is 7. The predicted octanol–water partition coefficient (Wildman–Crippen LogP) is 0.832. The lowest BCUT2D eigenvalue weighted by Crippen LogP contribution is -2.57. The van der Waals surface area contributed by atoms with Gasteiger partial charge in [-0.1, -0.05) is 26.0 Å². The SMILES string of the molecule is CC(C)C[C@H](NC(=O)[C@@H](NC(=O)c1cccc(-c2cccs2)n1)C(C)O)B(O)O. The van der Waals surface area contributed by atoms with E-state index in [1.165, 1.54) is 24.3 Å². The molecule has 29 heavy (non-hydrogen) atoms. The van der Waals surface area contributed by atoms with Crippen LogP contribution >= 0.6 is 11.3 Å². The highest BCUT2D eigenvalue weighted by atomic mass is 32.1. The second-order valence-electron chi connectivity index (χ2n) is 7.24. The Kier molecular flexibility index (Phi) is 8.33. The first-order valence-electron chi connectivity index (χ1n) is 9.35. The molecule has 2 rings (SSSR count). The van der Waals surface area contributed by atoms with Gasteiger partial charge in [-0.05, 0) is 42.8 Å². The molecular formula is C19H26BN3O5S. The van der Waals surface area contributed by atoms with E-state index in [2.05, 4.69) is 15.6 Å². The minimum absolute atomic E-state index is 0.103. The smallest absolute Gasteiger partial charge is 0.426 e. The fraction of sp³-hybridized carbons (Fsp3) is 0.421. The van der Waals surface area contributed by atoms with Crippen LogP contribution in [0, 0.1) is 5.92 Å². The van der Waals surface area contributed by atoms with Crippen molar-refractivity contribution in [2.45, 2.75) is 45.3 Å². The molecule has 0 bridgehead atoms. The van der Waals surface area contributed by atoms with Gasteiger partial charge in [-0.3, -0.25) is 9.59 Å². The number of aliphatic hydroxyl groups excluding tert-OH is 1. The lowest BCUT2D eigenvalue weighted by molar-refractivity contribution is -0.125. The summed E-state index contributed by atoms with van der Waals surface area (Å²) in [6, 6.07) is 7.47. The fourth-order valence-electron chi connectivity index (χ4n) is 2.78. The first-order chi connectivity index (χ1) is 13.7. The molecule has 0 aliphatic carbocycles. The molecule has 10 heteroatoms. The van der Waals surface area contributed by atoms with E-state index in [1.807, 2.05) is 31.4 Å². The lowest BCUT2D eigenvalue weighted by Gasteiger charge is -2.25. The Hall–Kier alpha value is -2.27. The monoisotopic (exact) mass is 419 g/mol. The van der Waals surface area contributed by atoms with Crippen molar-refractivity contribution in [2.24, 2.45) is 5.92 Å². The number of nitrogens with zero attached hydrogens (tertiary/aromatic N) is 1. The van der Waals surface area contributed by atoms with Crippen molar-refractivity contribution in [3.05, 3.63) is 41.4 Å². The molecule has 156 valence electrons. The number of nitrogens with one attached hydrogen (secondary N) is 2. The number of rotatable bonds is 9. The maximum Gasteiger partial charge on any atom is 0.475 e. The molecule has 0 aliphatic rings. The van der Waals surface area contributed by atoms with Crippen molar-refractivity contribution in [3.8, 4) is 10.6 Å². The van der Waals surface area contributed by atoms with Gasteiger partial charge >= 0.3 is 7.12 Å². The van der Waals surface area contributed by atoms with Gasteiger partial charge in [-0.2, -0.15) is 0 Å². The average Bonchev–Trinajstić information content (AvgIpc) is 3.19. The molecule has 2 amide bonds. The maximum absolute atomic E-state index is 12.6. The minimum Gasteiger partial charge on any atom is -0.426 e. The fourth-order valence-corrected chi connectivity index (χ4v) is 3.47. The number of aromatic nitrogens is 1. The van der Waals surface area contributed by atoms with Gasteiger partial charge in [0.2, 0.25) is 5.91 Å². The summed E-state index contributed by atoms with van der Waals surface area (Å²) in [5, 5.41) is 35.9. The zero-order chi connectivity index (χ0) is 21.6. The van der Waals surface area contributed by atoms with Gasteiger partial charge < -0.3 is 25.8 Å². The van der Waals surface area contributed by atoms with Crippen molar-refractivity contribution in [3.63, 3.8) is 0 Å². The standard InChI is InChI=1S/C19H26BN3O5S/c1-11(2)10-16(20(27)28)22-19(26)17(12(3)24)23-18(25)14-7-4-6-13(21-14)15-8-5-9-29-15/h4-9,11-12,16-17,24,27-28H,10H2,1-3H3,(H,22,26)(H,23,25)/t12?,16-,17-/m0/s1. The minimum atomic E-state index is -1.75. The van der Waals surface area contributed by atoms with Crippen LogP contribution in [0.25, 0.3) is 10.6 Å². The summed E-state index contributed by atoms with van der Waals surface area (Å²) in [6.07, 6.45) is -0.871. The van der Waals surface area contributed by atoms with Crippen LogP contribution in [0.5, 0.6) is 0 Å². The molecule has 2 aromatic heterocycles. The summed E-state index contributed by atoms with van der Waals surface area (Å²) in [7, 11) is -1.75. The zero-order valence-electron chi connectivity index (χ0n) is 16.6. The summed E-state index contributed by atoms with van der Waals surface area (Å²) >= 11 is 1.49. The number of amides is 2. The summed E-state index contributed by atoms with van der Waals surface area (Å²) in [5.74, 6) is -2.14. The van der Waals surface area contributed by atoms with Gasteiger partial charge in [0.15, 0.2) is 0 Å². The first kappa shape index (κ1) is 23.0. The van der Waals surface area contributed by atoms with Crippen molar-refractivity contribution >= 4 is 30.3 Å². The summed E-state index contributed by atoms with van der Waals surface area (Å²) < 4.78 is 0. The number of carbonyl (C=O) groups excluding carboxylic acids is 2. The van der Waals surface area contributed by atoms with Crippen LogP contribution in [-0.2, 0) is 4.79 Å². The quantitative estimate of drug-likeness (QED) is 0.383. The third kappa shape index (κ3) is 6.64. The highest BCUT2D eigenvalue weighted by Crippen LogP contribution is 2.22. The molecular weight excluding hydrogens is 393 g/mol. The molecule has 0 radical (unpaired) electrons. The van der Waals surface area contributed by atoms with Crippen LogP contribution < -0.4 is 10.6 Å². The van der Waals surface area contributed by atoms with Crippen LogP contribution in [0.15, 0.2) is 35.7 Å². The molecule has 0 aliphatic heterocycles. The Labute approximate surface area is 174 Å². The highest BCUT2D eigenvalue weighted by Gasteiger charge is 2.32. The Morgan fingerprint density at radius 3 is 2.41 bits per heavy atom. The third-order valence-corrected chi connectivity index (χ3v) is 5.11. The molecule has 0 saturated carbocycles. The molecule has 3 atom stereocenters. The molecule has 5 N–H and O–H groups in total. The number of carbonyl (C=O) groups is 2. The van der Waals surface area contributed by atoms with Gasteiger partial charge in [0.25, 0.3) is 5.91 Å². The van der Waals surface area contributed by atoms with E-state index < -0.39 is 37.0 Å². The van der Waals surface area contributed by atoms with Gasteiger partial charge in [-0.25, -0.2) is 4.98 Å². The normalized spacial score (nSPS) is 14.2. The number of hydrogen-bond donors (Lipinski definition) is 5. The van der Waals surface area contributed by atoms with Gasteiger partial charge in [0.05, 0.1) is 22.6 Å². The molecule has 0 fully saturated rings. The van der Waals surface area contributed by atoms with E-state index in [1.54, 1.807) is 12.1 Å². The lowest BCUT2D eigenvalue weighted by atomic mass is 9.75. The largest absolute Gasteiger partial charge is 0.475 e. The van der Waals surface area contributed by atoms with Gasteiger partial charge in [0, 0.05) is 0 Å². The van der Waals surface area contributed by atoms with E-state index in [0.29, 0.717) is 12.1 Å². The van der Waals surface area contributed by atoms with E-state index in [-0.39, 0.29) is 11.6 Å². The first-order valence-corrected chi connectivity index (χ1v) is 10.2. The Morgan fingerprint density at radius 2 is 1.86 bits per heavy atom. The molecule has 2 aromatic rings. The van der Waals surface area contributed by atoms with E-state index >= 15 is 0 Å². The summed E-state index contributed by atoms with van der Waals surface area (Å²) in [6.45, 7) is 5.12. The van der Waals surface area contributed by atoms with E-state index in [9.17, 15) is 24.7 Å². The molecule has 0 aromatic carbocycles. The van der Waals surface area contributed by atoms with E-state index in [4.69, 9.17) is 0 Å². The highest BCUT2D eigenvalue weighted by molar-refractivity contribution is 7.13. The van der Waals surface area contributed by atoms with Crippen LogP contribution in [0.4, 0.5) is 0 Å². The number of aliphatic hydroxyl groups is 1. The number of pyridine rings is 1. The zero-order valence-corrected chi connectivity index (χ0v) is 17.4. The third-order valence-electron chi connectivity index (χ3n) is 4.22.